The summed E-state index contributed by atoms with van der Waals surface area (Å²) in [5, 5.41) is 6.01. The van der Waals surface area contributed by atoms with Crippen LogP contribution in [-0.4, -0.2) is 30.0 Å². The Morgan fingerprint density at radius 3 is 1.93 bits per heavy atom. The molecule has 1 amide bonds. The second-order valence-electron chi connectivity index (χ2n) is 8.14. The smallest absolute Gasteiger partial charge is 0.258 e. The number of carbonyl (C=O) groups is 1. The number of hydrogen-bond acceptors (Lipinski definition) is 5. The second-order valence-corrected chi connectivity index (χ2v) is 8.14. The van der Waals surface area contributed by atoms with E-state index in [1.165, 1.54) is 18.0 Å². The van der Waals surface area contributed by atoms with Crippen molar-refractivity contribution in [2.45, 2.75) is 26.2 Å². The van der Waals surface area contributed by atoms with E-state index < -0.39 is 0 Å². The number of anilines is 4. The van der Waals surface area contributed by atoms with Gasteiger partial charge in [-0.1, -0.05) is 32.9 Å². The van der Waals surface area contributed by atoms with Crippen LogP contribution in [0, 0.1) is 0 Å². The minimum atomic E-state index is -0.240. The molecular weight excluding hydrogens is 362 g/mol. The van der Waals surface area contributed by atoms with Gasteiger partial charge in [0, 0.05) is 43.6 Å². The molecule has 0 radical (unpaired) electrons. The molecule has 6 heteroatoms. The van der Waals surface area contributed by atoms with E-state index in [1.54, 1.807) is 0 Å². The van der Waals surface area contributed by atoms with Gasteiger partial charge in [0.1, 0.15) is 0 Å². The van der Waals surface area contributed by atoms with Crippen LogP contribution in [-0.2, 0) is 5.41 Å². The summed E-state index contributed by atoms with van der Waals surface area (Å²) in [5.74, 6) is 0.198. The number of nitrogens with one attached hydrogen (secondary N) is 2. The third kappa shape index (κ3) is 5.31. The number of hydrogen-bond donors (Lipinski definition) is 2. The van der Waals surface area contributed by atoms with Crippen molar-refractivity contribution in [2.24, 2.45) is 0 Å². The Kier molecular flexibility index (Phi) is 5.82. The molecule has 3 rings (SSSR count). The molecule has 150 valence electrons. The monoisotopic (exact) mass is 389 g/mol. The van der Waals surface area contributed by atoms with Gasteiger partial charge in [-0.15, -0.1) is 0 Å². The van der Waals surface area contributed by atoms with Gasteiger partial charge in [-0.3, -0.25) is 4.79 Å². The summed E-state index contributed by atoms with van der Waals surface area (Å²) in [4.78, 5) is 23.0. The van der Waals surface area contributed by atoms with Crippen LogP contribution in [0.2, 0.25) is 0 Å². The first-order chi connectivity index (χ1) is 13.7. The molecule has 6 nitrogen and oxygen atoms in total. The van der Waals surface area contributed by atoms with Gasteiger partial charge in [-0.25, -0.2) is 9.97 Å². The Labute approximate surface area is 172 Å². The van der Waals surface area contributed by atoms with Crippen LogP contribution in [0.1, 0.15) is 36.7 Å². The highest BCUT2D eigenvalue weighted by atomic mass is 16.1. The fraction of sp³-hybridized carbons (Fsp3) is 0.261. The zero-order valence-corrected chi connectivity index (χ0v) is 17.5. The summed E-state index contributed by atoms with van der Waals surface area (Å²) in [6, 6.07) is 15.8. The Balaban J connectivity index is 1.62. The highest BCUT2D eigenvalue weighted by molar-refractivity contribution is 6.03. The first-order valence-corrected chi connectivity index (χ1v) is 9.51. The van der Waals surface area contributed by atoms with Gasteiger partial charge in [0.05, 0.1) is 5.56 Å². The summed E-state index contributed by atoms with van der Waals surface area (Å²) in [6.45, 7) is 6.47. The van der Waals surface area contributed by atoms with Crippen molar-refractivity contribution >= 4 is 28.9 Å². The molecule has 3 aromatic rings. The van der Waals surface area contributed by atoms with Gasteiger partial charge in [-0.05, 0) is 47.4 Å². The van der Waals surface area contributed by atoms with Crippen molar-refractivity contribution in [1.82, 2.24) is 9.97 Å². The van der Waals surface area contributed by atoms with E-state index >= 15 is 0 Å². The summed E-state index contributed by atoms with van der Waals surface area (Å²) in [6.07, 6.45) is 3.03. The lowest BCUT2D eigenvalue weighted by Crippen LogP contribution is -2.14. The molecule has 29 heavy (non-hydrogen) atoms. The van der Waals surface area contributed by atoms with Crippen LogP contribution in [0.4, 0.5) is 23.0 Å². The predicted octanol–water partition coefficient (Wildman–Crippen LogP) is 4.84. The van der Waals surface area contributed by atoms with Crippen LogP contribution in [0.25, 0.3) is 0 Å². The molecule has 0 spiro atoms. The summed E-state index contributed by atoms with van der Waals surface area (Å²) < 4.78 is 0. The average Bonchev–Trinajstić information content (AvgIpc) is 2.68. The fourth-order valence-electron chi connectivity index (χ4n) is 2.74. The third-order valence-corrected chi connectivity index (χ3v) is 4.56. The molecule has 0 saturated carbocycles. The van der Waals surface area contributed by atoms with Gasteiger partial charge >= 0.3 is 0 Å². The number of benzene rings is 2. The van der Waals surface area contributed by atoms with E-state index in [0.717, 1.165) is 17.1 Å². The van der Waals surface area contributed by atoms with E-state index in [4.69, 9.17) is 0 Å². The van der Waals surface area contributed by atoms with Gasteiger partial charge in [0.25, 0.3) is 5.91 Å². The van der Waals surface area contributed by atoms with Crippen molar-refractivity contribution in [3.8, 4) is 0 Å². The van der Waals surface area contributed by atoms with E-state index in [0.29, 0.717) is 11.5 Å². The van der Waals surface area contributed by atoms with Crippen LogP contribution in [0.3, 0.4) is 0 Å². The summed E-state index contributed by atoms with van der Waals surface area (Å²) in [7, 11) is 3.99. The maximum atomic E-state index is 12.5. The van der Waals surface area contributed by atoms with Crippen LogP contribution >= 0.6 is 0 Å². The molecule has 0 saturated heterocycles. The van der Waals surface area contributed by atoms with Gasteiger partial charge < -0.3 is 15.5 Å². The molecule has 1 aromatic heterocycles. The third-order valence-electron chi connectivity index (χ3n) is 4.56. The number of amides is 1. The largest absolute Gasteiger partial charge is 0.378 e. The quantitative estimate of drug-likeness (QED) is 0.654. The van der Waals surface area contributed by atoms with Crippen molar-refractivity contribution in [3.63, 3.8) is 0 Å². The molecule has 0 aliphatic rings. The highest BCUT2D eigenvalue weighted by Crippen LogP contribution is 2.23. The van der Waals surface area contributed by atoms with Gasteiger partial charge in [0.2, 0.25) is 5.95 Å². The minimum Gasteiger partial charge on any atom is -0.378 e. The summed E-state index contributed by atoms with van der Waals surface area (Å²) >= 11 is 0. The number of aromatic nitrogens is 2. The number of rotatable bonds is 5. The van der Waals surface area contributed by atoms with Gasteiger partial charge in [-0.2, -0.15) is 0 Å². The van der Waals surface area contributed by atoms with Crippen LogP contribution in [0.5, 0.6) is 0 Å². The maximum Gasteiger partial charge on any atom is 0.258 e. The van der Waals surface area contributed by atoms with Crippen LogP contribution in [0.15, 0.2) is 60.9 Å². The lowest BCUT2D eigenvalue weighted by molar-refractivity contribution is 0.102. The average molecular weight is 390 g/mol. The van der Waals surface area contributed by atoms with Crippen molar-refractivity contribution in [2.75, 3.05) is 29.6 Å². The molecule has 2 aromatic carbocycles. The predicted molar refractivity (Wildman–Crippen MR) is 119 cm³/mol. The molecule has 0 bridgehead atoms. The fourth-order valence-corrected chi connectivity index (χ4v) is 2.74. The lowest BCUT2D eigenvalue weighted by atomic mass is 9.87. The Bertz CT molecular complexity index is 956. The lowest BCUT2D eigenvalue weighted by Gasteiger charge is -2.19. The molecule has 0 unspecified atom stereocenters. The Morgan fingerprint density at radius 1 is 0.862 bits per heavy atom. The van der Waals surface area contributed by atoms with E-state index in [1.807, 2.05) is 67.5 Å². The summed E-state index contributed by atoms with van der Waals surface area (Å²) in [5.41, 5.74) is 4.43. The molecular formula is C23H27N5O. The first-order valence-electron chi connectivity index (χ1n) is 9.51. The number of carbonyl (C=O) groups excluding carboxylic acids is 1. The van der Waals surface area contributed by atoms with Gasteiger partial charge in [0.15, 0.2) is 0 Å². The molecule has 0 aliphatic heterocycles. The normalized spacial score (nSPS) is 11.1. The topological polar surface area (TPSA) is 70.2 Å². The van der Waals surface area contributed by atoms with E-state index in [9.17, 15) is 4.79 Å². The molecule has 1 heterocycles. The standard InChI is InChI=1S/C23H27N5O/c1-23(2,3)17-6-8-18(9-7-17)26-21(29)16-14-24-22(25-15-16)27-19-10-12-20(13-11-19)28(4)5/h6-15H,1-5H3,(H,26,29)(H,24,25,27). The SMILES string of the molecule is CN(C)c1ccc(Nc2ncc(C(=O)Nc3ccc(C(C)(C)C)cc3)cn2)cc1. The van der Waals surface area contributed by atoms with Crippen molar-refractivity contribution in [3.05, 3.63) is 72.1 Å². The highest BCUT2D eigenvalue weighted by Gasteiger charge is 2.14. The second kappa shape index (κ2) is 8.31. The minimum absolute atomic E-state index is 0.0754. The molecule has 0 fully saturated rings. The number of nitrogens with zero attached hydrogens (tertiary/aromatic N) is 3. The Hall–Kier alpha value is -3.41. The zero-order chi connectivity index (χ0) is 21.0. The molecule has 2 N–H and O–H groups in total. The van der Waals surface area contributed by atoms with Crippen LogP contribution < -0.4 is 15.5 Å². The Morgan fingerprint density at radius 2 is 1.41 bits per heavy atom. The molecule has 0 aliphatic carbocycles. The van der Waals surface area contributed by atoms with Crippen molar-refractivity contribution in [1.29, 1.82) is 0 Å². The van der Waals surface area contributed by atoms with Crippen molar-refractivity contribution < 1.29 is 4.79 Å². The zero-order valence-electron chi connectivity index (χ0n) is 17.5. The maximum absolute atomic E-state index is 12.5. The molecule has 0 atom stereocenters. The van der Waals surface area contributed by atoms with E-state index in [2.05, 4.69) is 41.4 Å². The van der Waals surface area contributed by atoms with E-state index in [-0.39, 0.29) is 11.3 Å². The first kappa shape index (κ1) is 20.3.